The fourth-order valence-corrected chi connectivity index (χ4v) is 2.34. The summed E-state index contributed by atoms with van der Waals surface area (Å²) in [4.78, 5) is 18.4. The van der Waals surface area contributed by atoms with E-state index < -0.39 is 6.09 Å². The number of nitrogens with zero attached hydrogens (tertiary/aromatic N) is 3. The Morgan fingerprint density at radius 2 is 1.87 bits per heavy atom. The quantitative estimate of drug-likeness (QED) is 0.484. The van der Waals surface area contributed by atoms with Crippen LogP contribution < -0.4 is 9.47 Å². The average molecular weight is 317 g/mol. The molecule has 0 aliphatic carbocycles. The summed E-state index contributed by atoms with van der Waals surface area (Å²) in [6, 6.07) is 6.84. The Kier molecular flexibility index (Phi) is 5.80. The van der Waals surface area contributed by atoms with Crippen LogP contribution >= 0.6 is 0 Å². The Labute approximate surface area is 135 Å². The number of methoxy groups -OCH3 is 2. The van der Waals surface area contributed by atoms with Gasteiger partial charge in [0.05, 0.1) is 14.2 Å². The zero-order valence-corrected chi connectivity index (χ0v) is 13.2. The molecule has 0 spiro atoms. The SMILES string of the molecule is COc1ccc(/C(C#N)=N/OC(=O)N2CCCCC2)cc1OC. The number of benzene rings is 1. The van der Waals surface area contributed by atoms with Crippen molar-refractivity contribution >= 4 is 11.8 Å². The molecule has 122 valence electrons. The maximum atomic E-state index is 11.9. The normalized spacial score (nSPS) is 14.8. The summed E-state index contributed by atoms with van der Waals surface area (Å²) >= 11 is 0. The van der Waals surface area contributed by atoms with E-state index in [1.807, 2.05) is 6.07 Å². The van der Waals surface area contributed by atoms with Gasteiger partial charge in [0, 0.05) is 18.7 Å². The molecule has 1 aromatic carbocycles. The van der Waals surface area contributed by atoms with Crippen LogP contribution in [0, 0.1) is 11.3 Å². The average Bonchev–Trinajstić information content (AvgIpc) is 2.62. The van der Waals surface area contributed by atoms with Gasteiger partial charge in [-0.05, 0) is 37.5 Å². The summed E-state index contributed by atoms with van der Waals surface area (Å²) in [5.41, 5.74) is 0.480. The van der Waals surface area contributed by atoms with Gasteiger partial charge >= 0.3 is 6.09 Å². The van der Waals surface area contributed by atoms with E-state index in [0.29, 0.717) is 30.2 Å². The zero-order valence-electron chi connectivity index (χ0n) is 13.2. The van der Waals surface area contributed by atoms with Crippen molar-refractivity contribution in [2.75, 3.05) is 27.3 Å². The smallest absolute Gasteiger partial charge is 0.436 e. The number of carbonyl (C=O) groups excluding carboxylic acids is 1. The van der Waals surface area contributed by atoms with Gasteiger partial charge < -0.3 is 14.4 Å². The predicted molar refractivity (Wildman–Crippen MR) is 83.6 cm³/mol. The van der Waals surface area contributed by atoms with E-state index in [4.69, 9.17) is 14.3 Å². The predicted octanol–water partition coefficient (Wildman–Crippen LogP) is 2.55. The summed E-state index contributed by atoms with van der Waals surface area (Å²) in [7, 11) is 3.03. The molecule has 1 aliphatic rings. The molecule has 0 unspecified atom stereocenters. The third kappa shape index (κ3) is 4.13. The molecule has 1 fully saturated rings. The van der Waals surface area contributed by atoms with Gasteiger partial charge in [-0.3, -0.25) is 4.84 Å². The number of amides is 1. The second kappa shape index (κ2) is 8.03. The Balaban J connectivity index is 2.12. The van der Waals surface area contributed by atoms with Gasteiger partial charge in [0.15, 0.2) is 17.2 Å². The monoisotopic (exact) mass is 317 g/mol. The number of carbonyl (C=O) groups is 1. The number of oxime groups is 1. The lowest BCUT2D eigenvalue weighted by molar-refractivity contribution is 0.0984. The minimum atomic E-state index is -0.530. The molecule has 0 N–H and O–H groups in total. The number of nitriles is 1. The Morgan fingerprint density at radius 3 is 2.48 bits per heavy atom. The second-order valence-electron chi connectivity index (χ2n) is 5.03. The minimum absolute atomic E-state index is 0.00341. The van der Waals surface area contributed by atoms with E-state index in [2.05, 4.69) is 5.16 Å². The van der Waals surface area contributed by atoms with Gasteiger partial charge in [-0.15, -0.1) is 0 Å². The molecule has 7 nitrogen and oxygen atoms in total. The second-order valence-corrected chi connectivity index (χ2v) is 5.03. The zero-order chi connectivity index (χ0) is 16.7. The molecule has 0 radical (unpaired) electrons. The van der Waals surface area contributed by atoms with Crippen LogP contribution in [0.1, 0.15) is 24.8 Å². The molecule has 2 rings (SSSR count). The largest absolute Gasteiger partial charge is 0.493 e. The fourth-order valence-electron chi connectivity index (χ4n) is 2.34. The van der Waals surface area contributed by atoms with Gasteiger partial charge in [-0.25, -0.2) is 4.79 Å². The summed E-state index contributed by atoms with van der Waals surface area (Å²) in [6.45, 7) is 1.32. The highest BCUT2D eigenvalue weighted by Gasteiger charge is 2.18. The minimum Gasteiger partial charge on any atom is -0.493 e. The fraction of sp³-hybridized carbons (Fsp3) is 0.438. The Morgan fingerprint density at radius 1 is 1.17 bits per heavy atom. The molecule has 1 aromatic rings. The lowest BCUT2D eigenvalue weighted by Crippen LogP contribution is -2.35. The van der Waals surface area contributed by atoms with Crippen LogP contribution in [0.15, 0.2) is 23.4 Å². The van der Waals surface area contributed by atoms with Crippen molar-refractivity contribution in [2.24, 2.45) is 5.16 Å². The Hall–Kier alpha value is -2.75. The third-order valence-corrected chi connectivity index (χ3v) is 3.59. The van der Waals surface area contributed by atoms with E-state index in [1.54, 1.807) is 23.1 Å². The number of hydrogen-bond donors (Lipinski definition) is 0. The van der Waals surface area contributed by atoms with Crippen molar-refractivity contribution in [1.29, 1.82) is 5.26 Å². The van der Waals surface area contributed by atoms with Crippen LogP contribution in [-0.2, 0) is 4.84 Å². The highest BCUT2D eigenvalue weighted by atomic mass is 16.7. The molecule has 0 bridgehead atoms. The summed E-state index contributed by atoms with van der Waals surface area (Å²) in [5, 5.41) is 12.9. The van der Waals surface area contributed by atoms with Crippen LogP contribution in [0.5, 0.6) is 11.5 Å². The number of ether oxygens (including phenoxy) is 2. The first-order valence-electron chi connectivity index (χ1n) is 7.36. The van der Waals surface area contributed by atoms with Crippen molar-refractivity contribution in [3.8, 4) is 17.6 Å². The van der Waals surface area contributed by atoms with Crippen molar-refractivity contribution in [2.45, 2.75) is 19.3 Å². The number of rotatable bonds is 4. The first-order valence-corrected chi connectivity index (χ1v) is 7.36. The summed E-state index contributed by atoms with van der Waals surface area (Å²) in [5.74, 6) is 1.01. The topological polar surface area (TPSA) is 84.2 Å². The highest BCUT2D eigenvalue weighted by Crippen LogP contribution is 2.27. The first-order chi connectivity index (χ1) is 11.2. The summed E-state index contributed by atoms with van der Waals surface area (Å²) < 4.78 is 10.3. The molecule has 1 heterocycles. The van der Waals surface area contributed by atoms with Crippen LogP contribution in [-0.4, -0.2) is 44.0 Å². The van der Waals surface area contributed by atoms with Crippen molar-refractivity contribution in [3.63, 3.8) is 0 Å². The van der Waals surface area contributed by atoms with E-state index in [9.17, 15) is 10.1 Å². The molecule has 1 aliphatic heterocycles. The third-order valence-electron chi connectivity index (χ3n) is 3.59. The molecular formula is C16H19N3O4. The van der Waals surface area contributed by atoms with E-state index >= 15 is 0 Å². The van der Waals surface area contributed by atoms with E-state index in [0.717, 1.165) is 19.3 Å². The van der Waals surface area contributed by atoms with Gasteiger partial charge in [0.1, 0.15) is 6.07 Å². The van der Waals surface area contributed by atoms with Crippen molar-refractivity contribution in [1.82, 2.24) is 4.90 Å². The van der Waals surface area contributed by atoms with Crippen LogP contribution in [0.25, 0.3) is 0 Å². The van der Waals surface area contributed by atoms with Gasteiger partial charge in [-0.2, -0.15) is 5.26 Å². The molecule has 1 saturated heterocycles. The van der Waals surface area contributed by atoms with Gasteiger partial charge in [0.2, 0.25) is 0 Å². The molecule has 0 aromatic heterocycles. The lowest BCUT2D eigenvalue weighted by Gasteiger charge is -2.24. The van der Waals surface area contributed by atoms with Gasteiger partial charge in [-0.1, -0.05) is 5.16 Å². The Bertz CT molecular complexity index is 631. The molecule has 7 heteroatoms. The molecule has 0 atom stereocenters. The van der Waals surface area contributed by atoms with Crippen molar-refractivity contribution < 1.29 is 19.1 Å². The summed E-state index contributed by atoms with van der Waals surface area (Å²) in [6.07, 6.45) is 2.50. The number of hydrogen-bond acceptors (Lipinski definition) is 6. The highest BCUT2D eigenvalue weighted by molar-refractivity contribution is 6.11. The molecular weight excluding hydrogens is 298 g/mol. The molecule has 0 saturated carbocycles. The maximum Gasteiger partial charge on any atom is 0.436 e. The van der Waals surface area contributed by atoms with Crippen LogP contribution in [0.4, 0.5) is 4.79 Å². The van der Waals surface area contributed by atoms with Crippen LogP contribution in [0.2, 0.25) is 0 Å². The van der Waals surface area contributed by atoms with Gasteiger partial charge in [0.25, 0.3) is 0 Å². The standard InChI is InChI=1S/C16H19N3O4/c1-21-14-7-6-12(10-15(14)22-2)13(11-17)18-23-16(20)19-8-4-3-5-9-19/h6-7,10H,3-5,8-9H2,1-2H3/b18-13+. The van der Waals surface area contributed by atoms with Crippen molar-refractivity contribution in [3.05, 3.63) is 23.8 Å². The lowest BCUT2D eigenvalue weighted by atomic mass is 10.1. The van der Waals surface area contributed by atoms with Crippen LogP contribution in [0.3, 0.4) is 0 Å². The number of likely N-dealkylation sites (tertiary alicyclic amines) is 1. The molecule has 1 amide bonds. The molecule has 23 heavy (non-hydrogen) atoms. The number of piperidine rings is 1. The maximum absolute atomic E-state index is 11.9. The first kappa shape index (κ1) is 16.6. The van der Waals surface area contributed by atoms with E-state index in [-0.39, 0.29) is 5.71 Å². The van der Waals surface area contributed by atoms with E-state index in [1.165, 1.54) is 14.2 Å².